The fraction of sp³-hybridized carbons (Fsp3) is 0.333. The molecule has 3 rings (SSSR count). The molecule has 0 bridgehead atoms. The van der Waals surface area contributed by atoms with Gasteiger partial charge < -0.3 is 19.9 Å². The Morgan fingerprint density at radius 1 is 1.08 bits per heavy atom. The van der Waals surface area contributed by atoms with E-state index in [1.54, 1.807) is 7.11 Å². The molecule has 126 valence electrons. The fourth-order valence-corrected chi connectivity index (χ4v) is 2.66. The third kappa shape index (κ3) is 3.76. The second-order valence-corrected chi connectivity index (χ2v) is 5.83. The maximum Gasteiger partial charge on any atom is 0.321 e. The zero-order valence-electron chi connectivity index (χ0n) is 14.0. The summed E-state index contributed by atoms with van der Waals surface area (Å²) in [5.41, 5.74) is 1.92. The SMILES string of the molecule is COc1ccc(NC(=O)N2CCN(c3ccc(C)cn3)CC2)cc1. The van der Waals surface area contributed by atoms with Gasteiger partial charge in [-0.15, -0.1) is 0 Å². The van der Waals surface area contributed by atoms with Crippen LogP contribution in [0.3, 0.4) is 0 Å². The molecule has 0 aliphatic carbocycles. The third-order valence-electron chi connectivity index (χ3n) is 4.13. The Morgan fingerprint density at radius 3 is 2.38 bits per heavy atom. The van der Waals surface area contributed by atoms with Crippen LogP contribution in [0.5, 0.6) is 5.75 Å². The molecule has 0 radical (unpaired) electrons. The summed E-state index contributed by atoms with van der Waals surface area (Å²) in [5, 5.41) is 2.92. The molecule has 1 aromatic carbocycles. The van der Waals surface area contributed by atoms with Crippen molar-refractivity contribution in [1.29, 1.82) is 0 Å². The number of nitrogens with one attached hydrogen (secondary N) is 1. The number of piperazine rings is 1. The Bertz CT molecular complexity index is 677. The van der Waals surface area contributed by atoms with E-state index in [4.69, 9.17) is 4.74 Å². The lowest BCUT2D eigenvalue weighted by atomic mass is 10.2. The Kier molecular flexibility index (Phi) is 4.84. The smallest absolute Gasteiger partial charge is 0.321 e. The highest BCUT2D eigenvalue weighted by Crippen LogP contribution is 2.17. The topological polar surface area (TPSA) is 57.7 Å². The monoisotopic (exact) mass is 326 g/mol. The number of carbonyl (C=O) groups is 1. The molecule has 0 spiro atoms. The summed E-state index contributed by atoms with van der Waals surface area (Å²) in [6.07, 6.45) is 1.87. The van der Waals surface area contributed by atoms with Gasteiger partial charge in [-0.3, -0.25) is 0 Å². The summed E-state index contributed by atoms with van der Waals surface area (Å²) in [7, 11) is 1.62. The first-order valence-electron chi connectivity index (χ1n) is 8.03. The highest BCUT2D eigenvalue weighted by atomic mass is 16.5. The van der Waals surface area contributed by atoms with Crippen molar-refractivity contribution in [2.45, 2.75) is 6.92 Å². The van der Waals surface area contributed by atoms with Crippen molar-refractivity contribution in [3.8, 4) is 5.75 Å². The van der Waals surface area contributed by atoms with Crippen LogP contribution in [0.25, 0.3) is 0 Å². The minimum atomic E-state index is -0.0725. The Morgan fingerprint density at radius 2 is 1.79 bits per heavy atom. The molecule has 1 aliphatic heterocycles. The number of carbonyl (C=O) groups excluding carboxylic acids is 1. The van der Waals surface area contributed by atoms with Crippen LogP contribution in [0.4, 0.5) is 16.3 Å². The van der Waals surface area contributed by atoms with Gasteiger partial charge in [0.2, 0.25) is 0 Å². The van der Waals surface area contributed by atoms with E-state index in [-0.39, 0.29) is 6.03 Å². The molecule has 1 N–H and O–H groups in total. The highest BCUT2D eigenvalue weighted by Gasteiger charge is 2.21. The van der Waals surface area contributed by atoms with Gasteiger partial charge in [0.25, 0.3) is 0 Å². The molecule has 2 amide bonds. The Hall–Kier alpha value is -2.76. The molecule has 6 heteroatoms. The minimum absolute atomic E-state index is 0.0725. The summed E-state index contributed by atoms with van der Waals surface area (Å²) < 4.78 is 5.12. The average molecular weight is 326 g/mol. The standard InChI is InChI=1S/C18H22N4O2/c1-14-3-8-17(19-13-14)21-9-11-22(12-10-21)18(23)20-15-4-6-16(24-2)7-5-15/h3-8,13H,9-12H2,1-2H3,(H,20,23). The number of benzene rings is 1. The molecule has 0 atom stereocenters. The van der Waals surface area contributed by atoms with Crippen molar-refractivity contribution in [3.63, 3.8) is 0 Å². The number of hydrogen-bond donors (Lipinski definition) is 1. The highest BCUT2D eigenvalue weighted by molar-refractivity contribution is 5.89. The molecule has 2 aromatic rings. The lowest BCUT2D eigenvalue weighted by Crippen LogP contribution is -2.50. The quantitative estimate of drug-likeness (QED) is 0.942. The normalized spacial score (nSPS) is 14.4. The van der Waals surface area contributed by atoms with Gasteiger partial charge in [0.1, 0.15) is 11.6 Å². The number of amides is 2. The van der Waals surface area contributed by atoms with Crippen LogP contribution in [0, 0.1) is 6.92 Å². The van der Waals surface area contributed by atoms with E-state index < -0.39 is 0 Å². The summed E-state index contributed by atoms with van der Waals surface area (Å²) >= 11 is 0. The number of aryl methyl sites for hydroxylation is 1. The van der Waals surface area contributed by atoms with E-state index in [1.165, 1.54) is 0 Å². The van der Waals surface area contributed by atoms with E-state index in [0.717, 1.165) is 35.9 Å². The van der Waals surface area contributed by atoms with E-state index in [0.29, 0.717) is 13.1 Å². The number of anilines is 2. The zero-order valence-corrected chi connectivity index (χ0v) is 14.0. The van der Waals surface area contributed by atoms with Crippen LogP contribution >= 0.6 is 0 Å². The maximum atomic E-state index is 12.4. The van der Waals surface area contributed by atoms with Crippen LogP contribution in [-0.2, 0) is 0 Å². The molecule has 24 heavy (non-hydrogen) atoms. The number of urea groups is 1. The Balaban J connectivity index is 1.53. The van der Waals surface area contributed by atoms with E-state index >= 15 is 0 Å². The number of rotatable bonds is 3. The molecular formula is C18H22N4O2. The van der Waals surface area contributed by atoms with Crippen molar-refractivity contribution in [2.24, 2.45) is 0 Å². The van der Waals surface area contributed by atoms with Crippen molar-refractivity contribution in [2.75, 3.05) is 43.5 Å². The largest absolute Gasteiger partial charge is 0.497 e. The van der Waals surface area contributed by atoms with Gasteiger partial charge >= 0.3 is 6.03 Å². The van der Waals surface area contributed by atoms with E-state index in [1.807, 2.05) is 48.4 Å². The lowest BCUT2D eigenvalue weighted by Gasteiger charge is -2.35. The first kappa shape index (κ1) is 16.1. The Labute approximate surface area is 142 Å². The summed E-state index contributed by atoms with van der Waals surface area (Å²) in [6, 6.07) is 11.4. The fourth-order valence-electron chi connectivity index (χ4n) is 2.66. The van der Waals surface area contributed by atoms with E-state index in [9.17, 15) is 4.79 Å². The molecule has 0 unspecified atom stereocenters. The molecule has 1 aliphatic rings. The number of hydrogen-bond acceptors (Lipinski definition) is 4. The second-order valence-electron chi connectivity index (χ2n) is 5.83. The third-order valence-corrected chi connectivity index (χ3v) is 4.13. The molecule has 1 saturated heterocycles. The van der Waals surface area contributed by atoms with Crippen LogP contribution in [0.2, 0.25) is 0 Å². The van der Waals surface area contributed by atoms with Crippen molar-refractivity contribution in [3.05, 3.63) is 48.2 Å². The lowest BCUT2D eigenvalue weighted by molar-refractivity contribution is 0.208. The van der Waals surface area contributed by atoms with Gasteiger partial charge in [0.05, 0.1) is 7.11 Å². The predicted octanol–water partition coefficient (Wildman–Crippen LogP) is 2.75. The van der Waals surface area contributed by atoms with Gasteiger partial charge in [-0.1, -0.05) is 6.07 Å². The van der Waals surface area contributed by atoms with Crippen LogP contribution in [0.15, 0.2) is 42.6 Å². The summed E-state index contributed by atoms with van der Waals surface area (Å²) in [6.45, 7) is 4.95. The van der Waals surface area contributed by atoms with Crippen molar-refractivity contribution < 1.29 is 9.53 Å². The zero-order chi connectivity index (χ0) is 16.9. The number of pyridine rings is 1. The molecule has 0 saturated carbocycles. The predicted molar refractivity (Wildman–Crippen MR) is 94.8 cm³/mol. The molecule has 1 fully saturated rings. The van der Waals surface area contributed by atoms with Crippen LogP contribution in [-0.4, -0.2) is 49.2 Å². The van der Waals surface area contributed by atoms with E-state index in [2.05, 4.69) is 21.3 Å². The average Bonchev–Trinajstić information content (AvgIpc) is 2.63. The van der Waals surface area contributed by atoms with Crippen LogP contribution in [0.1, 0.15) is 5.56 Å². The number of ether oxygens (including phenoxy) is 1. The van der Waals surface area contributed by atoms with Crippen molar-refractivity contribution >= 4 is 17.5 Å². The molecule has 6 nitrogen and oxygen atoms in total. The first-order chi connectivity index (χ1) is 11.7. The minimum Gasteiger partial charge on any atom is -0.497 e. The van der Waals surface area contributed by atoms with Gasteiger partial charge in [-0.25, -0.2) is 9.78 Å². The summed E-state index contributed by atoms with van der Waals surface area (Å²) in [4.78, 5) is 20.8. The maximum absolute atomic E-state index is 12.4. The van der Waals surface area contributed by atoms with Gasteiger partial charge in [-0.05, 0) is 42.8 Å². The summed E-state index contributed by atoms with van der Waals surface area (Å²) in [5.74, 6) is 1.74. The second kappa shape index (κ2) is 7.21. The van der Waals surface area contributed by atoms with Gasteiger partial charge in [0, 0.05) is 38.1 Å². The number of methoxy groups -OCH3 is 1. The number of aromatic nitrogens is 1. The molecule has 1 aromatic heterocycles. The van der Waals surface area contributed by atoms with Gasteiger partial charge in [0.15, 0.2) is 0 Å². The molecular weight excluding hydrogens is 304 g/mol. The number of nitrogens with zero attached hydrogens (tertiary/aromatic N) is 3. The van der Waals surface area contributed by atoms with Crippen molar-refractivity contribution in [1.82, 2.24) is 9.88 Å². The molecule has 2 heterocycles. The van der Waals surface area contributed by atoms with Gasteiger partial charge in [-0.2, -0.15) is 0 Å². The first-order valence-corrected chi connectivity index (χ1v) is 8.03. The van der Waals surface area contributed by atoms with Crippen LogP contribution < -0.4 is 15.0 Å².